The van der Waals surface area contributed by atoms with Crippen LogP contribution in [0.15, 0.2) is 18.2 Å². The number of benzene rings is 1. The lowest BCUT2D eigenvalue weighted by atomic mass is 9.65. The maximum atomic E-state index is 5.97. The molecule has 0 aliphatic heterocycles. The molecule has 2 N–H and O–H groups in total. The van der Waals surface area contributed by atoms with E-state index in [2.05, 4.69) is 32.0 Å². The zero-order chi connectivity index (χ0) is 13.2. The zero-order valence-electron chi connectivity index (χ0n) is 11.8. The molecule has 0 spiro atoms. The smallest absolute Gasteiger partial charge is 0.122 e. The summed E-state index contributed by atoms with van der Waals surface area (Å²) in [4.78, 5) is 0. The van der Waals surface area contributed by atoms with E-state index in [1.807, 2.05) is 0 Å². The molecular formula is C16H25NO. The third-order valence-corrected chi connectivity index (χ3v) is 4.38. The van der Waals surface area contributed by atoms with Gasteiger partial charge in [-0.2, -0.15) is 0 Å². The van der Waals surface area contributed by atoms with Gasteiger partial charge >= 0.3 is 0 Å². The molecular weight excluding hydrogens is 222 g/mol. The van der Waals surface area contributed by atoms with Gasteiger partial charge in [0, 0.05) is 0 Å². The predicted octanol–water partition coefficient (Wildman–Crippen LogP) is 3.49. The molecule has 2 rings (SSSR count). The third-order valence-electron chi connectivity index (χ3n) is 4.38. The lowest BCUT2D eigenvalue weighted by Gasteiger charge is -2.41. The van der Waals surface area contributed by atoms with Gasteiger partial charge < -0.3 is 10.5 Å². The molecule has 0 heterocycles. The number of hydrogen-bond acceptors (Lipinski definition) is 2. The van der Waals surface area contributed by atoms with E-state index in [0.29, 0.717) is 11.3 Å². The van der Waals surface area contributed by atoms with E-state index in [1.54, 1.807) is 7.11 Å². The molecule has 0 aromatic heterocycles. The number of methoxy groups -OCH3 is 1. The monoisotopic (exact) mass is 247 g/mol. The fourth-order valence-corrected chi connectivity index (χ4v) is 2.83. The van der Waals surface area contributed by atoms with Gasteiger partial charge in [0.15, 0.2) is 0 Å². The highest BCUT2D eigenvalue weighted by Gasteiger charge is 2.36. The summed E-state index contributed by atoms with van der Waals surface area (Å²) in [5, 5.41) is 0. The predicted molar refractivity (Wildman–Crippen MR) is 76.1 cm³/mol. The first kappa shape index (κ1) is 13.4. The lowest BCUT2D eigenvalue weighted by Crippen LogP contribution is -2.39. The summed E-state index contributed by atoms with van der Waals surface area (Å²) in [5.74, 6) is 1.57. The van der Waals surface area contributed by atoms with Crippen LogP contribution < -0.4 is 10.5 Å². The fourth-order valence-electron chi connectivity index (χ4n) is 2.83. The van der Waals surface area contributed by atoms with Crippen molar-refractivity contribution in [1.29, 1.82) is 0 Å². The molecule has 1 aliphatic rings. The molecule has 1 aromatic carbocycles. The maximum absolute atomic E-state index is 5.97. The second-order valence-corrected chi connectivity index (χ2v) is 5.96. The van der Waals surface area contributed by atoms with Gasteiger partial charge in [0.2, 0.25) is 0 Å². The summed E-state index contributed by atoms with van der Waals surface area (Å²) in [6.45, 7) is 5.25. The van der Waals surface area contributed by atoms with Crippen molar-refractivity contribution in [3.63, 3.8) is 0 Å². The van der Waals surface area contributed by atoms with E-state index in [0.717, 1.165) is 18.7 Å². The molecule has 18 heavy (non-hydrogen) atoms. The molecule has 100 valence electrons. The van der Waals surface area contributed by atoms with Crippen molar-refractivity contribution in [2.24, 2.45) is 11.1 Å². The van der Waals surface area contributed by atoms with Gasteiger partial charge in [0.25, 0.3) is 0 Å². The molecule has 0 atom stereocenters. The Hall–Kier alpha value is -1.02. The first-order chi connectivity index (χ1) is 8.60. The summed E-state index contributed by atoms with van der Waals surface area (Å²) in [7, 11) is 1.75. The van der Waals surface area contributed by atoms with Crippen LogP contribution in [0.25, 0.3) is 0 Å². The average Bonchev–Trinajstić information content (AvgIpc) is 2.33. The maximum Gasteiger partial charge on any atom is 0.122 e. The average molecular weight is 247 g/mol. The highest BCUT2D eigenvalue weighted by atomic mass is 16.5. The number of rotatable bonds is 5. The minimum absolute atomic E-state index is 0.336. The van der Waals surface area contributed by atoms with Crippen LogP contribution in [-0.4, -0.2) is 13.7 Å². The Labute approximate surface area is 111 Å². The van der Waals surface area contributed by atoms with Crippen LogP contribution in [0.4, 0.5) is 0 Å². The Morgan fingerprint density at radius 3 is 2.50 bits per heavy atom. The minimum atomic E-state index is 0.336. The van der Waals surface area contributed by atoms with E-state index in [4.69, 9.17) is 10.5 Å². The van der Waals surface area contributed by atoms with Gasteiger partial charge in [-0.3, -0.25) is 0 Å². The van der Waals surface area contributed by atoms with Gasteiger partial charge in [0.1, 0.15) is 5.75 Å². The van der Waals surface area contributed by atoms with Crippen LogP contribution in [0.2, 0.25) is 0 Å². The Morgan fingerprint density at radius 2 is 2.06 bits per heavy atom. The Kier molecular flexibility index (Phi) is 3.96. The SMILES string of the molecule is COc1ccc(C(C)C)cc1CC1(CN)CCC1. The second kappa shape index (κ2) is 5.31. The molecule has 0 unspecified atom stereocenters. The quantitative estimate of drug-likeness (QED) is 0.864. The van der Waals surface area contributed by atoms with Crippen molar-refractivity contribution < 1.29 is 4.74 Å². The molecule has 1 aromatic rings. The van der Waals surface area contributed by atoms with E-state index < -0.39 is 0 Å². The summed E-state index contributed by atoms with van der Waals surface area (Å²) < 4.78 is 5.50. The van der Waals surface area contributed by atoms with Crippen molar-refractivity contribution in [3.05, 3.63) is 29.3 Å². The first-order valence-corrected chi connectivity index (χ1v) is 6.97. The van der Waals surface area contributed by atoms with E-state index in [1.165, 1.54) is 30.4 Å². The standard InChI is InChI=1S/C16H25NO/c1-12(2)13-5-6-15(18-3)14(9-13)10-16(11-17)7-4-8-16/h5-6,9,12H,4,7-8,10-11,17H2,1-3H3. The third kappa shape index (κ3) is 2.54. The highest BCUT2D eigenvalue weighted by molar-refractivity contribution is 5.39. The van der Waals surface area contributed by atoms with Crippen LogP contribution in [0, 0.1) is 5.41 Å². The van der Waals surface area contributed by atoms with Crippen LogP contribution >= 0.6 is 0 Å². The summed E-state index contributed by atoms with van der Waals surface area (Å²) in [6.07, 6.45) is 4.91. The summed E-state index contributed by atoms with van der Waals surface area (Å²) >= 11 is 0. The van der Waals surface area contributed by atoms with Gasteiger partial charge in [-0.15, -0.1) is 0 Å². The van der Waals surface area contributed by atoms with Gasteiger partial charge in [-0.1, -0.05) is 32.4 Å². The van der Waals surface area contributed by atoms with E-state index in [-0.39, 0.29) is 0 Å². The Bertz CT molecular complexity index is 402. The van der Waals surface area contributed by atoms with Crippen LogP contribution in [0.3, 0.4) is 0 Å². The minimum Gasteiger partial charge on any atom is -0.496 e. The van der Waals surface area contributed by atoms with Crippen LogP contribution in [0.5, 0.6) is 5.75 Å². The number of nitrogens with two attached hydrogens (primary N) is 1. The van der Waals surface area contributed by atoms with E-state index in [9.17, 15) is 0 Å². The van der Waals surface area contributed by atoms with Gasteiger partial charge in [-0.05, 0) is 54.3 Å². The number of ether oxygens (including phenoxy) is 1. The Balaban J connectivity index is 2.26. The molecule has 0 radical (unpaired) electrons. The van der Waals surface area contributed by atoms with Crippen LogP contribution in [0.1, 0.15) is 50.2 Å². The second-order valence-electron chi connectivity index (χ2n) is 5.96. The van der Waals surface area contributed by atoms with Gasteiger partial charge in [-0.25, -0.2) is 0 Å². The lowest BCUT2D eigenvalue weighted by molar-refractivity contribution is 0.143. The summed E-state index contributed by atoms with van der Waals surface area (Å²) in [5.41, 5.74) is 9.02. The molecule has 2 nitrogen and oxygen atoms in total. The summed E-state index contributed by atoms with van der Waals surface area (Å²) in [6, 6.07) is 6.58. The van der Waals surface area contributed by atoms with E-state index >= 15 is 0 Å². The largest absolute Gasteiger partial charge is 0.496 e. The normalized spacial score (nSPS) is 17.6. The molecule has 0 amide bonds. The van der Waals surface area contributed by atoms with Crippen molar-refractivity contribution in [1.82, 2.24) is 0 Å². The number of hydrogen-bond donors (Lipinski definition) is 1. The topological polar surface area (TPSA) is 35.2 Å². The Morgan fingerprint density at radius 1 is 1.33 bits per heavy atom. The molecule has 1 saturated carbocycles. The van der Waals surface area contributed by atoms with Crippen LogP contribution in [-0.2, 0) is 6.42 Å². The molecule has 0 bridgehead atoms. The van der Waals surface area contributed by atoms with Crippen molar-refractivity contribution in [2.45, 2.75) is 45.4 Å². The van der Waals surface area contributed by atoms with Crippen molar-refractivity contribution in [3.8, 4) is 5.75 Å². The van der Waals surface area contributed by atoms with Gasteiger partial charge in [0.05, 0.1) is 7.11 Å². The van der Waals surface area contributed by atoms with Crippen molar-refractivity contribution >= 4 is 0 Å². The van der Waals surface area contributed by atoms with Crippen molar-refractivity contribution in [2.75, 3.05) is 13.7 Å². The molecule has 2 heteroatoms. The first-order valence-electron chi connectivity index (χ1n) is 6.97. The zero-order valence-corrected chi connectivity index (χ0v) is 11.8. The molecule has 1 aliphatic carbocycles. The highest BCUT2D eigenvalue weighted by Crippen LogP contribution is 2.44. The molecule has 0 saturated heterocycles. The molecule has 1 fully saturated rings. The fraction of sp³-hybridized carbons (Fsp3) is 0.625.